The summed E-state index contributed by atoms with van der Waals surface area (Å²) in [6.07, 6.45) is 2.95. The van der Waals surface area contributed by atoms with Crippen LogP contribution in [0.15, 0.2) is 27.8 Å². The molecule has 0 saturated carbocycles. The average Bonchev–Trinajstić information content (AvgIpc) is 2.74. The lowest BCUT2D eigenvalue weighted by atomic mass is 10.1. The summed E-state index contributed by atoms with van der Waals surface area (Å²) in [7, 11) is 1.68. The minimum absolute atomic E-state index is 0.0845. The molecule has 1 N–H and O–H groups in total. The third-order valence-electron chi connectivity index (χ3n) is 4.15. The molecule has 1 unspecified atom stereocenters. The predicted molar refractivity (Wildman–Crippen MR) is 84.2 cm³/mol. The van der Waals surface area contributed by atoms with Gasteiger partial charge in [0.2, 0.25) is 0 Å². The number of hydrogen-bond acceptors (Lipinski definition) is 3. The molecule has 1 aromatic heterocycles. The fraction of sp³-hybridized carbons (Fsp3) is 0.467. The highest BCUT2D eigenvalue weighted by Gasteiger charge is 2.20. The highest BCUT2D eigenvalue weighted by Crippen LogP contribution is 2.18. The summed E-state index contributed by atoms with van der Waals surface area (Å²) in [6, 6.07) is 4.96. The van der Waals surface area contributed by atoms with Crippen molar-refractivity contribution in [1.29, 1.82) is 0 Å². The Morgan fingerprint density at radius 1 is 1.29 bits per heavy atom. The Morgan fingerprint density at radius 3 is 2.90 bits per heavy atom. The Hall–Kier alpha value is -1.59. The quantitative estimate of drug-likeness (QED) is 0.872. The van der Waals surface area contributed by atoms with Crippen LogP contribution in [0.1, 0.15) is 25.3 Å². The molecule has 0 spiro atoms. The highest BCUT2D eigenvalue weighted by atomic mass is 35.5. The molecular weight excluding hydrogens is 290 g/mol. The third kappa shape index (κ3) is 2.51. The lowest BCUT2D eigenvalue weighted by Gasteiger charge is -2.19. The van der Waals surface area contributed by atoms with Gasteiger partial charge in [0, 0.05) is 18.6 Å². The van der Waals surface area contributed by atoms with E-state index < -0.39 is 0 Å². The first kappa shape index (κ1) is 14.4. The van der Waals surface area contributed by atoms with Crippen LogP contribution in [-0.4, -0.2) is 22.2 Å². The minimum Gasteiger partial charge on any atom is -0.315 e. The lowest BCUT2D eigenvalue weighted by molar-refractivity contribution is 0.426. The maximum atomic E-state index is 12.7. The Bertz CT molecular complexity index is 786. The second kappa shape index (κ2) is 5.66. The smallest absolute Gasteiger partial charge is 0.315 e. The third-order valence-corrected chi connectivity index (χ3v) is 4.38. The summed E-state index contributed by atoms with van der Waals surface area (Å²) >= 11 is 5.97. The van der Waals surface area contributed by atoms with Crippen LogP contribution in [0.4, 0.5) is 0 Å². The van der Waals surface area contributed by atoms with Crippen molar-refractivity contribution < 1.29 is 0 Å². The Balaban J connectivity index is 2.26. The van der Waals surface area contributed by atoms with Crippen molar-refractivity contribution in [3.05, 3.63) is 44.1 Å². The van der Waals surface area contributed by atoms with Gasteiger partial charge in [-0.2, -0.15) is 0 Å². The first-order chi connectivity index (χ1) is 10.1. The fourth-order valence-corrected chi connectivity index (χ4v) is 3.15. The fourth-order valence-electron chi connectivity index (χ4n) is 2.99. The molecule has 21 heavy (non-hydrogen) atoms. The molecule has 3 rings (SSSR count). The number of aryl methyl sites for hydroxylation is 1. The van der Waals surface area contributed by atoms with E-state index in [1.54, 1.807) is 25.2 Å². The van der Waals surface area contributed by atoms with Crippen LogP contribution in [-0.2, 0) is 7.05 Å². The Morgan fingerprint density at radius 2 is 2.10 bits per heavy atom. The van der Waals surface area contributed by atoms with Crippen LogP contribution in [0.3, 0.4) is 0 Å². The van der Waals surface area contributed by atoms with Gasteiger partial charge in [0.1, 0.15) is 0 Å². The van der Waals surface area contributed by atoms with Crippen molar-refractivity contribution in [2.75, 3.05) is 13.1 Å². The van der Waals surface area contributed by atoms with E-state index in [1.165, 1.54) is 9.13 Å². The van der Waals surface area contributed by atoms with Crippen LogP contribution >= 0.6 is 11.6 Å². The highest BCUT2D eigenvalue weighted by molar-refractivity contribution is 6.31. The second-order valence-electron chi connectivity index (χ2n) is 5.53. The van der Waals surface area contributed by atoms with Crippen LogP contribution in [0, 0.1) is 0 Å². The molecule has 0 radical (unpaired) electrons. The number of fused-ring (bicyclic) bond motifs is 1. The van der Waals surface area contributed by atoms with E-state index in [9.17, 15) is 9.59 Å². The summed E-state index contributed by atoms with van der Waals surface area (Å²) in [4.78, 5) is 25.3. The molecule has 5 nitrogen and oxygen atoms in total. The van der Waals surface area contributed by atoms with E-state index in [-0.39, 0.29) is 17.3 Å². The summed E-state index contributed by atoms with van der Waals surface area (Å²) < 4.78 is 2.90. The van der Waals surface area contributed by atoms with Crippen LogP contribution in [0.5, 0.6) is 0 Å². The largest absolute Gasteiger partial charge is 0.331 e. The van der Waals surface area contributed by atoms with E-state index in [1.807, 2.05) is 0 Å². The number of benzene rings is 1. The SMILES string of the molecule is Cn1c(=O)n(C2CCCCNC2)c(=O)c2ccc(Cl)cc21. The standard InChI is InChI=1S/C15H18ClN3O2/c1-18-13-8-10(16)5-6-12(13)14(20)19(15(18)21)11-4-2-3-7-17-9-11/h5-6,8,11,17H,2-4,7,9H2,1H3. The van der Waals surface area contributed by atoms with Gasteiger partial charge in [-0.1, -0.05) is 18.0 Å². The zero-order chi connectivity index (χ0) is 15.0. The van der Waals surface area contributed by atoms with Crippen molar-refractivity contribution in [2.24, 2.45) is 7.05 Å². The minimum atomic E-state index is -0.275. The van der Waals surface area contributed by atoms with Gasteiger partial charge in [0.05, 0.1) is 16.9 Å². The maximum Gasteiger partial charge on any atom is 0.331 e. The first-order valence-electron chi connectivity index (χ1n) is 7.21. The number of rotatable bonds is 1. The van der Waals surface area contributed by atoms with Gasteiger partial charge in [-0.05, 0) is 37.6 Å². The molecule has 2 heterocycles. The van der Waals surface area contributed by atoms with Gasteiger partial charge in [-0.15, -0.1) is 0 Å². The molecule has 0 amide bonds. The molecular formula is C15H18ClN3O2. The number of nitrogens with one attached hydrogen (secondary N) is 1. The summed E-state index contributed by atoms with van der Waals surface area (Å²) in [6.45, 7) is 1.60. The zero-order valence-electron chi connectivity index (χ0n) is 11.9. The van der Waals surface area contributed by atoms with E-state index >= 15 is 0 Å². The maximum absolute atomic E-state index is 12.7. The predicted octanol–water partition coefficient (Wildman–Crippen LogP) is 1.67. The molecule has 1 aliphatic rings. The molecule has 1 fully saturated rings. The number of nitrogens with zero attached hydrogens (tertiary/aromatic N) is 2. The van der Waals surface area contributed by atoms with Gasteiger partial charge in [0.25, 0.3) is 5.56 Å². The number of hydrogen-bond donors (Lipinski definition) is 1. The molecule has 0 aliphatic carbocycles. The van der Waals surface area contributed by atoms with Crippen molar-refractivity contribution in [3.63, 3.8) is 0 Å². The summed E-state index contributed by atoms with van der Waals surface area (Å²) in [5.74, 6) is 0. The van der Waals surface area contributed by atoms with Crippen molar-refractivity contribution in [2.45, 2.75) is 25.3 Å². The van der Waals surface area contributed by atoms with E-state index in [0.717, 1.165) is 25.8 Å². The zero-order valence-corrected chi connectivity index (χ0v) is 12.7. The van der Waals surface area contributed by atoms with Gasteiger partial charge in [0.15, 0.2) is 0 Å². The van der Waals surface area contributed by atoms with Gasteiger partial charge in [-0.25, -0.2) is 4.79 Å². The summed E-state index contributed by atoms with van der Waals surface area (Å²) in [5, 5.41) is 4.35. The lowest BCUT2D eigenvalue weighted by Crippen LogP contribution is -2.43. The number of aromatic nitrogens is 2. The molecule has 0 bridgehead atoms. The molecule has 112 valence electrons. The average molecular weight is 308 g/mol. The van der Waals surface area contributed by atoms with E-state index in [2.05, 4.69) is 5.32 Å². The van der Waals surface area contributed by atoms with E-state index in [4.69, 9.17) is 11.6 Å². The molecule has 1 aliphatic heterocycles. The first-order valence-corrected chi connectivity index (χ1v) is 7.59. The van der Waals surface area contributed by atoms with Gasteiger partial charge < -0.3 is 5.32 Å². The molecule has 6 heteroatoms. The summed E-state index contributed by atoms with van der Waals surface area (Å²) in [5.41, 5.74) is 0.0808. The van der Waals surface area contributed by atoms with Crippen molar-refractivity contribution in [1.82, 2.24) is 14.5 Å². The monoisotopic (exact) mass is 307 g/mol. The molecule has 2 aromatic rings. The Labute approximate surface area is 127 Å². The molecule has 1 atom stereocenters. The van der Waals surface area contributed by atoms with E-state index in [0.29, 0.717) is 22.5 Å². The van der Waals surface area contributed by atoms with Crippen molar-refractivity contribution >= 4 is 22.5 Å². The van der Waals surface area contributed by atoms with Crippen LogP contribution in [0.25, 0.3) is 10.9 Å². The van der Waals surface area contributed by atoms with Gasteiger partial charge >= 0.3 is 5.69 Å². The number of halogens is 1. The molecule has 1 saturated heterocycles. The second-order valence-corrected chi connectivity index (χ2v) is 5.97. The van der Waals surface area contributed by atoms with Gasteiger partial charge in [-0.3, -0.25) is 13.9 Å². The normalized spacial score (nSPS) is 19.6. The van der Waals surface area contributed by atoms with Crippen molar-refractivity contribution in [3.8, 4) is 0 Å². The molecule has 1 aromatic carbocycles. The van der Waals surface area contributed by atoms with Crippen LogP contribution in [0.2, 0.25) is 5.02 Å². The van der Waals surface area contributed by atoms with Crippen LogP contribution < -0.4 is 16.6 Å². The topological polar surface area (TPSA) is 56.0 Å². The Kier molecular flexibility index (Phi) is 3.87.